The maximum Gasteiger partial charge on any atom is 0.294 e. The number of quaternary nitrogens is 1. The van der Waals surface area contributed by atoms with E-state index >= 15 is 0 Å². The van der Waals surface area contributed by atoms with Crippen molar-refractivity contribution in [2.75, 3.05) is 27.2 Å². The van der Waals surface area contributed by atoms with Gasteiger partial charge >= 0.3 is 0 Å². The van der Waals surface area contributed by atoms with E-state index in [1.54, 1.807) is 0 Å². The molecule has 3 aromatic rings. The Morgan fingerprint density at radius 2 is 1.66 bits per heavy atom. The summed E-state index contributed by atoms with van der Waals surface area (Å²) in [7, 11) is 0.410. The van der Waals surface area contributed by atoms with Gasteiger partial charge in [0.05, 0.1) is 23.9 Å². The van der Waals surface area contributed by atoms with Crippen LogP contribution < -0.4 is 4.74 Å². The molecule has 0 fully saturated rings. The number of rotatable bonds is 7. The van der Waals surface area contributed by atoms with Crippen LogP contribution in [0.15, 0.2) is 77.0 Å². The third kappa shape index (κ3) is 8.97. The molecule has 156 valence electrons. The van der Waals surface area contributed by atoms with Crippen LogP contribution in [-0.4, -0.2) is 44.7 Å². The van der Waals surface area contributed by atoms with Crippen LogP contribution in [0.4, 0.5) is 0 Å². The minimum absolute atomic E-state index is 0.151. The first-order chi connectivity index (χ1) is 13.7. The first kappa shape index (κ1) is 23.4. The topological polar surface area (TPSA) is 63.6 Å². The molecule has 0 atom stereocenters. The summed E-state index contributed by atoms with van der Waals surface area (Å²) in [4.78, 5) is 1.28. The molecule has 3 rings (SSSR count). The van der Waals surface area contributed by atoms with Gasteiger partial charge in [-0.3, -0.25) is 4.55 Å². The molecule has 0 spiro atoms. The van der Waals surface area contributed by atoms with E-state index in [-0.39, 0.29) is 4.90 Å². The Hall–Kier alpha value is -1.90. The minimum Gasteiger partial charge on any atom is -0.488 e. The van der Waals surface area contributed by atoms with Crippen molar-refractivity contribution >= 4 is 33.1 Å². The highest BCUT2D eigenvalue weighted by atomic mass is 35.5. The first-order valence-electron chi connectivity index (χ1n) is 8.91. The number of benzene rings is 2. The number of hydrogen-bond donors (Lipinski definition) is 1. The maximum atomic E-state index is 10.5. The summed E-state index contributed by atoms with van der Waals surface area (Å²) in [6, 6.07) is 19.6. The van der Waals surface area contributed by atoms with Crippen LogP contribution in [0.3, 0.4) is 0 Å². The zero-order valence-electron chi connectivity index (χ0n) is 16.4. The van der Waals surface area contributed by atoms with Crippen LogP contribution in [0.2, 0.25) is 5.02 Å². The molecular weight excluding hydrogens is 430 g/mol. The van der Waals surface area contributed by atoms with Crippen LogP contribution in [0, 0.1) is 0 Å². The molecule has 0 aliphatic carbocycles. The van der Waals surface area contributed by atoms with Crippen LogP contribution in [0.5, 0.6) is 5.75 Å². The monoisotopic (exact) mass is 454 g/mol. The van der Waals surface area contributed by atoms with Gasteiger partial charge in [0.1, 0.15) is 25.4 Å². The van der Waals surface area contributed by atoms with Gasteiger partial charge in [0.15, 0.2) is 0 Å². The lowest BCUT2D eigenvalue weighted by Crippen LogP contribution is -2.41. The van der Waals surface area contributed by atoms with E-state index in [1.807, 2.05) is 41.7 Å². The highest BCUT2D eigenvalue weighted by Crippen LogP contribution is 2.15. The second kappa shape index (κ2) is 10.8. The first-order valence-corrected chi connectivity index (χ1v) is 11.6. The molecule has 1 aromatic heterocycles. The van der Waals surface area contributed by atoms with Crippen molar-refractivity contribution in [3.8, 4) is 5.75 Å². The fourth-order valence-electron chi connectivity index (χ4n) is 2.44. The summed E-state index contributed by atoms with van der Waals surface area (Å²) >= 11 is 7.31. The van der Waals surface area contributed by atoms with Gasteiger partial charge in [0.25, 0.3) is 10.1 Å². The van der Waals surface area contributed by atoms with Crippen molar-refractivity contribution in [3.63, 3.8) is 0 Å². The standard InChI is InChI=1S/C15H20NOS.C6H5ClO3S/c1-16(2,13-15-9-6-12-18-15)10-11-17-14-7-4-3-5-8-14;7-5-1-3-6(4-2-5)11(8,9)10/h3-9,12H,10-11,13H2,1-2H3;1-4H,(H,8,9,10)/q+1;. The molecule has 0 saturated carbocycles. The maximum absolute atomic E-state index is 10.5. The second-order valence-corrected chi connectivity index (χ2v) is 9.88. The summed E-state index contributed by atoms with van der Waals surface area (Å²) in [5, 5.41) is 2.56. The number of likely N-dealkylation sites (N-methyl/N-ethyl adjacent to an activating group) is 1. The third-order valence-electron chi connectivity index (χ3n) is 3.98. The molecule has 0 unspecified atom stereocenters. The Bertz CT molecular complexity index is 958. The predicted molar refractivity (Wildman–Crippen MR) is 118 cm³/mol. The number of para-hydroxylation sites is 1. The molecule has 0 bridgehead atoms. The Balaban J connectivity index is 0.000000234. The highest BCUT2D eigenvalue weighted by Gasteiger charge is 2.16. The van der Waals surface area contributed by atoms with Gasteiger partial charge in [-0.05, 0) is 47.8 Å². The van der Waals surface area contributed by atoms with Gasteiger partial charge in [-0.15, -0.1) is 11.3 Å². The number of hydrogen-bond acceptors (Lipinski definition) is 4. The van der Waals surface area contributed by atoms with Gasteiger partial charge < -0.3 is 9.22 Å². The average molecular weight is 455 g/mol. The Kier molecular flexibility index (Phi) is 8.67. The van der Waals surface area contributed by atoms with Crippen molar-refractivity contribution < 1.29 is 22.2 Å². The molecule has 0 aliphatic heterocycles. The van der Waals surface area contributed by atoms with Crippen LogP contribution >= 0.6 is 22.9 Å². The van der Waals surface area contributed by atoms with E-state index in [1.165, 1.54) is 29.1 Å². The number of thiophene rings is 1. The van der Waals surface area contributed by atoms with Gasteiger partial charge in [-0.1, -0.05) is 35.9 Å². The Morgan fingerprint density at radius 1 is 1.00 bits per heavy atom. The zero-order chi connectivity index (χ0) is 21.3. The highest BCUT2D eigenvalue weighted by molar-refractivity contribution is 7.85. The van der Waals surface area contributed by atoms with Gasteiger partial charge in [0.2, 0.25) is 0 Å². The van der Waals surface area contributed by atoms with E-state index in [0.717, 1.165) is 29.9 Å². The quantitative estimate of drug-likeness (QED) is 0.403. The Labute approximate surface area is 181 Å². The van der Waals surface area contributed by atoms with Crippen molar-refractivity contribution in [1.29, 1.82) is 0 Å². The van der Waals surface area contributed by atoms with Gasteiger partial charge in [0, 0.05) is 5.02 Å². The summed E-state index contributed by atoms with van der Waals surface area (Å²) < 4.78 is 36.1. The molecule has 8 heteroatoms. The fourth-order valence-corrected chi connectivity index (χ4v) is 3.96. The van der Waals surface area contributed by atoms with Crippen molar-refractivity contribution in [2.45, 2.75) is 11.4 Å². The van der Waals surface area contributed by atoms with Crippen molar-refractivity contribution in [3.05, 3.63) is 82.0 Å². The average Bonchev–Trinajstić information content (AvgIpc) is 3.15. The summed E-state index contributed by atoms with van der Waals surface area (Å²) in [5.74, 6) is 0.952. The molecule has 2 aromatic carbocycles. The molecule has 0 radical (unpaired) electrons. The molecular formula is C21H25ClNO4S2+. The van der Waals surface area contributed by atoms with E-state index in [9.17, 15) is 8.42 Å². The summed E-state index contributed by atoms with van der Waals surface area (Å²) in [5.41, 5.74) is 0. The normalized spacial score (nSPS) is 11.4. The van der Waals surface area contributed by atoms with Crippen LogP contribution in [0.25, 0.3) is 0 Å². The van der Waals surface area contributed by atoms with E-state index < -0.39 is 10.1 Å². The molecule has 5 nitrogen and oxygen atoms in total. The lowest BCUT2D eigenvalue weighted by atomic mass is 10.3. The summed E-state index contributed by atoms with van der Waals surface area (Å²) in [6.07, 6.45) is 0. The lowest BCUT2D eigenvalue weighted by Gasteiger charge is -2.29. The zero-order valence-corrected chi connectivity index (χ0v) is 18.8. The molecule has 1 heterocycles. The molecule has 29 heavy (non-hydrogen) atoms. The minimum atomic E-state index is -4.08. The van der Waals surface area contributed by atoms with E-state index in [0.29, 0.717) is 5.02 Å². The molecule has 0 amide bonds. The van der Waals surface area contributed by atoms with Gasteiger partial charge in [-0.2, -0.15) is 8.42 Å². The van der Waals surface area contributed by atoms with Crippen molar-refractivity contribution in [1.82, 2.24) is 0 Å². The van der Waals surface area contributed by atoms with Gasteiger partial charge in [-0.25, -0.2) is 0 Å². The Morgan fingerprint density at radius 3 is 2.21 bits per heavy atom. The van der Waals surface area contributed by atoms with E-state index in [4.69, 9.17) is 20.9 Å². The fraction of sp³-hybridized carbons (Fsp3) is 0.238. The second-order valence-electron chi connectivity index (χ2n) is 6.99. The van der Waals surface area contributed by atoms with Crippen LogP contribution in [0.1, 0.15) is 4.88 Å². The largest absolute Gasteiger partial charge is 0.488 e. The number of ether oxygens (including phenoxy) is 1. The third-order valence-corrected chi connectivity index (χ3v) is 5.97. The van der Waals surface area contributed by atoms with E-state index in [2.05, 4.69) is 31.6 Å². The molecule has 0 saturated heterocycles. The summed E-state index contributed by atoms with van der Waals surface area (Å²) in [6.45, 7) is 2.82. The predicted octanol–water partition coefficient (Wildman–Crippen LogP) is 4.99. The van der Waals surface area contributed by atoms with Crippen LogP contribution in [-0.2, 0) is 16.7 Å². The lowest BCUT2D eigenvalue weighted by molar-refractivity contribution is -0.903. The molecule has 1 N–H and O–H groups in total. The number of halogens is 1. The smallest absolute Gasteiger partial charge is 0.294 e. The molecule has 0 aliphatic rings. The number of nitrogens with zero attached hydrogens (tertiary/aromatic N) is 1. The van der Waals surface area contributed by atoms with Crippen molar-refractivity contribution in [2.24, 2.45) is 0 Å². The SMILES string of the molecule is C[N+](C)(CCOc1ccccc1)Cc1cccs1.O=S(=O)(O)c1ccc(Cl)cc1.